The zero-order valence-electron chi connectivity index (χ0n) is 20.2. The Morgan fingerprint density at radius 3 is 2.37 bits per heavy atom. The van der Waals surface area contributed by atoms with Crippen LogP contribution in [0.3, 0.4) is 0 Å². The number of para-hydroxylation sites is 1. The van der Waals surface area contributed by atoms with Crippen LogP contribution in [0.15, 0.2) is 66.7 Å². The van der Waals surface area contributed by atoms with Crippen molar-refractivity contribution in [1.82, 2.24) is 5.01 Å². The third-order valence-electron chi connectivity index (χ3n) is 7.03. The molecule has 0 saturated carbocycles. The average molecular weight is 473 g/mol. The molecule has 2 aromatic rings. The summed E-state index contributed by atoms with van der Waals surface area (Å²) in [5.74, 6) is -1.20. The van der Waals surface area contributed by atoms with Gasteiger partial charge in [0.1, 0.15) is 6.04 Å². The van der Waals surface area contributed by atoms with Gasteiger partial charge in [0.2, 0.25) is 5.91 Å². The molecule has 35 heavy (non-hydrogen) atoms. The summed E-state index contributed by atoms with van der Waals surface area (Å²) in [6.07, 6.45) is 6.68. The first-order valence-electron chi connectivity index (χ1n) is 12.3. The minimum Gasteiger partial charge on any atom is -0.391 e. The van der Waals surface area contributed by atoms with E-state index in [-0.39, 0.29) is 17.7 Å². The SMILES string of the molecule is CCCCC(CC)C(O)C1C=CC2C(=O)N(c3ccccc3)C(=O)C2N1Nc1ccc(C#N)cc1. The van der Waals surface area contributed by atoms with Crippen LogP contribution in [0.1, 0.15) is 45.1 Å². The number of carbonyl (C=O) groups is 2. The predicted octanol–water partition coefficient (Wildman–Crippen LogP) is 4.26. The standard InChI is InChI=1S/C28H32N4O3/c1-3-5-9-20(4-2)26(33)24-17-16-23-25(32(24)30-21-14-12-19(18-29)13-15-21)28(35)31(27(23)34)22-10-7-6-8-11-22/h6-8,10-17,20,23-26,30,33H,3-5,9H2,1-2H3. The normalized spacial score (nSPS) is 23.6. The molecule has 0 aliphatic carbocycles. The van der Waals surface area contributed by atoms with E-state index in [4.69, 9.17) is 5.26 Å². The molecule has 2 aromatic carbocycles. The highest BCUT2D eigenvalue weighted by molar-refractivity contribution is 6.24. The minimum atomic E-state index is -0.799. The van der Waals surface area contributed by atoms with Gasteiger partial charge < -0.3 is 10.5 Å². The van der Waals surface area contributed by atoms with E-state index in [1.165, 1.54) is 4.90 Å². The van der Waals surface area contributed by atoms with Crippen LogP contribution in [0.25, 0.3) is 0 Å². The molecule has 5 unspecified atom stereocenters. The summed E-state index contributed by atoms with van der Waals surface area (Å²) >= 11 is 0. The van der Waals surface area contributed by atoms with Crippen LogP contribution in [0.5, 0.6) is 0 Å². The number of hydrogen-bond acceptors (Lipinski definition) is 6. The van der Waals surface area contributed by atoms with Gasteiger partial charge in [0.05, 0.1) is 35.4 Å². The van der Waals surface area contributed by atoms with Crippen molar-refractivity contribution < 1.29 is 14.7 Å². The Balaban J connectivity index is 1.70. The Kier molecular flexibility index (Phi) is 7.64. The first-order valence-corrected chi connectivity index (χ1v) is 12.3. The van der Waals surface area contributed by atoms with Crippen molar-refractivity contribution in [3.8, 4) is 6.07 Å². The van der Waals surface area contributed by atoms with Crippen LogP contribution in [0, 0.1) is 23.2 Å². The van der Waals surface area contributed by atoms with E-state index in [0.29, 0.717) is 16.9 Å². The van der Waals surface area contributed by atoms with Gasteiger partial charge in [0.15, 0.2) is 0 Å². The monoisotopic (exact) mass is 472 g/mol. The van der Waals surface area contributed by atoms with Crippen LogP contribution in [0.2, 0.25) is 0 Å². The summed E-state index contributed by atoms with van der Waals surface area (Å²) in [5, 5.41) is 22.3. The van der Waals surface area contributed by atoms with Crippen molar-refractivity contribution in [2.75, 3.05) is 10.3 Å². The highest BCUT2D eigenvalue weighted by atomic mass is 16.3. The number of imide groups is 1. The summed E-state index contributed by atoms with van der Waals surface area (Å²) in [4.78, 5) is 28.3. The molecule has 2 aliphatic heterocycles. The molecule has 0 spiro atoms. The summed E-state index contributed by atoms with van der Waals surface area (Å²) in [6, 6.07) is 16.7. The number of carbonyl (C=O) groups excluding carboxylic acids is 2. The number of aliphatic hydroxyl groups is 1. The van der Waals surface area contributed by atoms with Crippen molar-refractivity contribution in [3.63, 3.8) is 0 Å². The number of rotatable bonds is 9. The number of benzene rings is 2. The van der Waals surface area contributed by atoms with Gasteiger partial charge in [-0.3, -0.25) is 9.59 Å². The van der Waals surface area contributed by atoms with Gasteiger partial charge in [-0.05, 0) is 48.7 Å². The molecular formula is C28H32N4O3. The molecule has 0 aromatic heterocycles. The summed E-state index contributed by atoms with van der Waals surface area (Å²) in [5.41, 5.74) is 5.04. The molecule has 0 radical (unpaired) electrons. The molecule has 1 fully saturated rings. The molecule has 7 nitrogen and oxygen atoms in total. The quantitative estimate of drug-likeness (QED) is 0.418. The van der Waals surface area contributed by atoms with Gasteiger partial charge in [-0.15, -0.1) is 0 Å². The first-order chi connectivity index (χ1) is 17.0. The first kappa shape index (κ1) is 24.6. The third kappa shape index (κ3) is 4.86. The van der Waals surface area contributed by atoms with Crippen molar-refractivity contribution in [2.45, 2.75) is 57.7 Å². The third-order valence-corrected chi connectivity index (χ3v) is 7.03. The van der Waals surface area contributed by atoms with Crippen molar-refractivity contribution in [1.29, 1.82) is 5.26 Å². The number of nitriles is 1. The van der Waals surface area contributed by atoms with E-state index in [1.54, 1.807) is 59.6 Å². The van der Waals surface area contributed by atoms with Crippen LogP contribution in [-0.2, 0) is 9.59 Å². The number of fused-ring (bicyclic) bond motifs is 1. The Hall–Kier alpha value is -3.47. The van der Waals surface area contributed by atoms with Crippen LogP contribution >= 0.6 is 0 Å². The number of unbranched alkanes of at least 4 members (excludes halogenated alkanes) is 1. The van der Waals surface area contributed by atoms with E-state index in [2.05, 4.69) is 25.3 Å². The number of hydrazine groups is 1. The van der Waals surface area contributed by atoms with E-state index in [1.807, 2.05) is 12.1 Å². The van der Waals surface area contributed by atoms with Crippen LogP contribution < -0.4 is 10.3 Å². The molecule has 0 bridgehead atoms. The molecular weight excluding hydrogens is 440 g/mol. The van der Waals surface area contributed by atoms with Crippen LogP contribution in [-0.4, -0.2) is 40.1 Å². The smallest absolute Gasteiger partial charge is 0.254 e. The maximum absolute atomic E-state index is 13.7. The summed E-state index contributed by atoms with van der Waals surface area (Å²) in [6.45, 7) is 4.20. The van der Waals surface area contributed by atoms with E-state index < -0.39 is 24.1 Å². The topological polar surface area (TPSA) is 96.7 Å². The van der Waals surface area contributed by atoms with Gasteiger partial charge in [0.25, 0.3) is 5.91 Å². The fourth-order valence-corrected chi connectivity index (χ4v) is 5.05. The van der Waals surface area contributed by atoms with Gasteiger partial charge in [-0.25, -0.2) is 9.91 Å². The van der Waals surface area contributed by atoms with Gasteiger partial charge in [0, 0.05) is 5.69 Å². The van der Waals surface area contributed by atoms with E-state index in [9.17, 15) is 14.7 Å². The number of amides is 2. The molecule has 4 rings (SSSR count). The molecule has 1 saturated heterocycles. The maximum Gasteiger partial charge on any atom is 0.254 e. The second kappa shape index (κ2) is 10.9. The fourth-order valence-electron chi connectivity index (χ4n) is 5.05. The fraction of sp³-hybridized carbons (Fsp3) is 0.393. The average Bonchev–Trinajstić information content (AvgIpc) is 3.15. The molecule has 2 heterocycles. The Morgan fingerprint density at radius 2 is 1.74 bits per heavy atom. The Bertz CT molecular complexity index is 1110. The van der Waals surface area contributed by atoms with Gasteiger partial charge >= 0.3 is 0 Å². The highest BCUT2D eigenvalue weighted by Gasteiger charge is 2.54. The molecule has 2 aliphatic rings. The zero-order chi connectivity index (χ0) is 24.9. The van der Waals surface area contributed by atoms with E-state index >= 15 is 0 Å². The molecule has 2 N–H and O–H groups in total. The minimum absolute atomic E-state index is 0.0591. The largest absolute Gasteiger partial charge is 0.391 e. The molecule has 182 valence electrons. The van der Waals surface area contributed by atoms with E-state index in [0.717, 1.165) is 25.7 Å². The molecule has 2 amide bonds. The van der Waals surface area contributed by atoms with Crippen LogP contribution in [0.4, 0.5) is 11.4 Å². The van der Waals surface area contributed by atoms with Gasteiger partial charge in [-0.1, -0.05) is 63.5 Å². The predicted molar refractivity (Wildman–Crippen MR) is 135 cm³/mol. The van der Waals surface area contributed by atoms with Crippen molar-refractivity contribution in [2.24, 2.45) is 11.8 Å². The number of aliphatic hydroxyl groups excluding tert-OH is 1. The Morgan fingerprint density at radius 1 is 1.03 bits per heavy atom. The lowest BCUT2D eigenvalue weighted by Crippen LogP contribution is -2.58. The second-order valence-corrected chi connectivity index (χ2v) is 9.20. The van der Waals surface area contributed by atoms with Gasteiger partial charge in [-0.2, -0.15) is 5.26 Å². The Labute approximate surface area is 206 Å². The molecule has 5 atom stereocenters. The summed E-state index contributed by atoms with van der Waals surface area (Å²) < 4.78 is 0. The lowest BCUT2D eigenvalue weighted by atomic mass is 9.85. The number of hydrogen-bond donors (Lipinski definition) is 2. The maximum atomic E-state index is 13.7. The lowest BCUT2D eigenvalue weighted by Gasteiger charge is -2.42. The highest BCUT2D eigenvalue weighted by Crippen LogP contribution is 2.37. The zero-order valence-corrected chi connectivity index (χ0v) is 20.2. The number of nitrogens with zero attached hydrogens (tertiary/aromatic N) is 3. The molecule has 7 heteroatoms. The lowest BCUT2D eigenvalue weighted by molar-refractivity contribution is -0.123. The number of nitrogens with one attached hydrogen (secondary N) is 1. The summed E-state index contributed by atoms with van der Waals surface area (Å²) in [7, 11) is 0. The number of anilines is 2. The van der Waals surface area contributed by atoms with Crippen molar-refractivity contribution >= 4 is 23.2 Å². The van der Waals surface area contributed by atoms with Crippen molar-refractivity contribution in [3.05, 3.63) is 72.3 Å². The second-order valence-electron chi connectivity index (χ2n) is 9.20.